The van der Waals surface area contributed by atoms with Crippen LogP contribution in [0.4, 0.5) is 4.79 Å². The Balaban J connectivity index is 2.74. The number of amides is 1. The minimum atomic E-state index is -0.543. The number of esters is 1. The van der Waals surface area contributed by atoms with E-state index in [0.717, 1.165) is 24.6 Å². The van der Waals surface area contributed by atoms with E-state index in [2.05, 4.69) is 0 Å². The molecule has 1 aromatic rings. The van der Waals surface area contributed by atoms with Crippen LogP contribution >= 0.6 is 11.8 Å². The van der Waals surface area contributed by atoms with Crippen LogP contribution in [0.5, 0.6) is 0 Å². The van der Waals surface area contributed by atoms with Gasteiger partial charge in [0.25, 0.3) is 5.24 Å². The van der Waals surface area contributed by atoms with Crippen molar-refractivity contribution in [3.05, 3.63) is 29.8 Å². The van der Waals surface area contributed by atoms with E-state index in [4.69, 9.17) is 10.5 Å². The lowest BCUT2D eigenvalue weighted by molar-refractivity contribution is 0.0495. The second-order valence-corrected chi connectivity index (χ2v) is 4.45. The Labute approximate surface area is 105 Å². The fraction of sp³-hybridized carbons (Fsp3) is 0.333. The van der Waals surface area contributed by atoms with Crippen LogP contribution in [0.2, 0.25) is 0 Å². The number of carbonyl (C=O) groups excluding carboxylic acids is 2. The highest BCUT2D eigenvalue weighted by Crippen LogP contribution is 2.23. The van der Waals surface area contributed by atoms with Crippen molar-refractivity contribution in [2.24, 2.45) is 5.73 Å². The van der Waals surface area contributed by atoms with Crippen molar-refractivity contribution in [2.45, 2.75) is 24.7 Å². The first-order chi connectivity index (χ1) is 8.15. The van der Waals surface area contributed by atoms with Crippen LogP contribution in [0.1, 0.15) is 30.1 Å². The van der Waals surface area contributed by atoms with E-state index in [1.807, 2.05) is 6.92 Å². The highest BCUT2D eigenvalue weighted by atomic mass is 32.2. The van der Waals surface area contributed by atoms with Crippen molar-refractivity contribution < 1.29 is 14.3 Å². The largest absolute Gasteiger partial charge is 0.462 e. The summed E-state index contributed by atoms with van der Waals surface area (Å²) in [5.41, 5.74) is 5.47. The number of thioether (sulfide) groups is 1. The summed E-state index contributed by atoms with van der Waals surface area (Å²) in [5.74, 6) is -0.414. The van der Waals surface area contributed by atoms with Crippen molar-refractivity contribution in [3.63, 3.8) is 0 Å². The van der Waals surface area contributed by atoms with Gasteiger partial charge in [-0.25, -0.2) is 4.79 Å². The standard InChI is InChI=1S/C12H15NO3S/c1-2-3-8-16-11(14)9-6-4-5-7-10(9)17-12(13)15/h4-7H,2-3,8H2,1H3,(H2,13,15). The molecule has 0 unspecified atom stereocenters. The number of ether oxygens (including phenoxy) is 1. The summed E-state index contributed by atoms with van der Waals surface area (Å²) in [7, 11) is 0. The average Bonchev–Trinajstić information content (AvgIpc) is 2.29. The van der Waals surface area contributed by atoms with E-state index < -0.39 is 11.2 Å². The summed E-state index contributed by atoms with van der Waals surface area (Å²) in [6, 6.07) is 6.76. The number of hydrogen-bond donors (Lipinski definition) is 1. The molecule has 2 N–H and O–H groups in total. The van der Waals surface area contributed by atoms with Gasteiger partial charge in [0.2, 0.25) is 0 Å². The number of rotatable bonds is 5. The molecule has 5 heteroatoms. The van der Waals surface area contributed by atoms with Gasteiger partial charge in [0.15, 0.2) is 0 Å². The van der Waals surface area contributed by atoms with E-state index >= 15 is 0 Å². The molecule has 1 rings (SSSR count). The monoisotopic (exact) mass is 253 g/mol. The van der Waals surface area contributed by atoms with Crippen LogP contribution < -0.4 is 5.73 Å². The molecule has 1 amide bonds. The summed E-state index contributed by atoms with van der Waals surface area (Å²) in [6.45, 7) is 2.41. The summed E-state index contributed by atoms with van der Waals surface area (Å²) in [5, 5.41) is -0.543. The molecule has 0 bridgehead atoms. The van der Waals surface area contributed by atoms with Crippen molar-refractivity contribution in [2.75, 3.05) is 6.61 Å². The molecule has 0 aliphatic carbocycles. The molecule has 0 aliphatic heterocycles. The molecular weight excluding hydrogens is 238 g/mol. The van der Waals surface area contributed by atoms with Crippen LogP contribution in [0.3, 0.4) is 0 Å². The molecule has 0 saturated heterocycles. The molecule has 0 spiro atoms. The summed E-state index contributed by atoms with van der Waals surface area (Å²) < 4.78 is 5.09. The normalized spacial score (nSPS) is 9.94. The molecule has 0 saturated carbocycles. The Hall–Kier alpha value is -1.49. The maximum atomic E-state index is 11.7. The third kappa shape index (κ3) is 4.48. The van der Waals surface area contributed by atoms with Crippen molar-refractivity contribution in [1.29, 1.82) is 0 Å². The van der Waals surface area contributed by atoms with Crippen molar-refractivity contribution in [1.82, 2.24) is 0 Å². The van der Waals surface area contributed by atoms with Crippen LogP contribution in [-0.2, 0) is 4.74 Å². The predicted molar refractivity (Wildman–Crippen MR) is 67.1 cm³/mol. The SMILES string of the molecule is CCCCOC(=O)c1ccccc1SC(N)=O. The van der Waals surface area contributed by atoms with E-state index in [1.165, 1.54) is 0 Å². The van der Waals surface area contributed by atoms with E-state index in [-0.39, 0.29) is 0 Å². The quantitative estimate of drug-likeness (QED) is 0.497. The summed E-state index contributed by atoms with van der Waals surface area (Å²) >= 11 is 0.831. The fourth-order valence-corrected chi connectivity index (χ4v) is 1.84. The van der Waals surface area contributed by atoms with Crippen LogP contribution in [0, 0.1) is 0 Å². The minimum absolute atomic E-state index is 0.382. The van der Waals surface area contributed by atoms with E-state index in [0.29, 0.717) is 17.1 Å². The van der Waals surface area contributed by atoms with Crippen LogP contribution in [-0.4, -0.2) is 17.8 Å². The Morgan fingerprint density at radius 3 is 2.71 bits per heavy atom. The second kappa shape index (κ2) is 6.96. The highest BCUT2D eigenvalue weighted by molar-refractivity contribution is 8.13. The van der Waals surface area contributed by atoms with Gasteiger partial charge >= 0.3 is 5.97 Å². The minimum Gasteiger partial charge on any atom is -0.462 e. The fourth-order valence-electron chi connectivity index (χ4n) is 1.22. The molecular formula is C12H15NO3S. The van der Waals surface area contributed by atoms with Crippen LogP contribution in [0.25, 0.3) is 0 Å². The zero-order valence-electron chi connectivity index (χ0n) is 9.64. The zero-order valence-corrected chi connectivity index (χ0v) is 10.5. The maximum Gasteiger partial charge on any atom is 0.339 e. The Morgan fingerprint density at radius 1 is 1.35 bits per heavy atom. The molecule has 92 valence electrons. The van der Waals surface area contributed by atoms with Gasteiger partial charge in [0.1, 0.15) is 0 Å². The van der Waals surface area contributed by atoms with Gasteiger partial charge in [-0.3, -0.25) is 4.79 Å². The number of benzene rings is 1. The number of nitrogens with two attached hydrogens (primary N) is 1. The molecule has 0 aliphatic rings. The van der Waals surface area contributed by atoms with Gasteiger partial charge in [-0.15, -0.1) is 0 Å². The summed E-state index contributed by atoms with van der Waals surface area (Å²) in [4.78, 5) is 23.1. The second-order valence-electron chi connectivity index (χ2n) is 3.41. The van der Waals surface area contributed by atoms with Gasteiger partial charge < -0.3 is 10.5 Å². The Kier molecular flexibility index (Phi) is 5.56. The lowest BCUT2D eigenvalue weighted by Gasteiger charge is -2.07. The number of unbranched alkanes of at least 4 members (excludes halogenated alkanes) is 1. The van der Waals surface area contributed by atoms with Crippen molar-refractivity contribution >= 4 is 23.0 Å². The molecule has 0 atom stereocenters. The lowest BCUT2D eigenvalue weighted by Crippen LogP contribution is -2.09. The molecule has 0 aromatic heterocycles. The molecule has 0 fully saturated rings. The van der Waals surface area contributed by atoms with Gasteiger partial charge in [0.05, 0.1) is 12.2 Å². The van der Waals surface area contributed by atoms with E-state index in [1.54, 1.807) is 24.3 Å². The predicted octanol–water partition coefficient (Wildman–Crippen LogP) is 2.81. The molecule has 17 heavy (non-hydrogen) atoms. The third-order valence-corrected chi connectivity index (χ3v) is 2.83. The lowest BCUT2D eigenvalue weighted by atomic mass is 10.2. The first-order valence-electron chi connectivity index (χ1n) is 5.38. The summed E-state index contributed by atoms with van der Waals surface area (Å²) in [6.07, 6.45) is 1.79. The topological polar surface area (TPSA) is 69.4 Å². The van der Waals surface area contributed by atoms with Gasteiger partial charge in [-0.1, -0.05) is 25.5 Å². The first-order valence-corrected chi connectivity index (χ1v) is 6.20. The number of primary amides is 1. The average molecular weight is 253 g/mol. The van der Waals surface area contributed by atoms with Gasteiger partial charge in [-0.2, -0.15) is 0 Å². The van der Waals surface area contributed by atoms with Gasteiger partial charge in [0, 0.05) is 4.90 Å². The maximum absolute atomic E-state index is 11.7. The van der Waals surface area contributed by atoms with Crippen LogP contribution in [0.15, 0.2) is 29.2 Å². The molecule has 0 radical (unpaired) electrons. The first kappa shape index (κ1) is 13.6. The van der Waals surface area contributed by atoms with Gasteiger partial charge in [-0.05, 0) is 30.3 Å². The Morgan fingerprint density at radius 2 is 2.06 bits per heavy atom. The third-order valence-electron chi connectivity index (χ3n) is 2.05. The van der Waals surface area contributed by atoms with E-state index in [9.17, 15) is 9.59 Å². The molecule has 0 heterocycles. The molecule has 1 aromatic carbocycles. The number of carbonyl (C=O) groups is 2. The smallest absolute Gasteiger partial charge is 0.339 e. The Bertz CT molecular complexity index is 406. The molecule has 4 nitrogen and oxygen atoms in total. The van der Waals surface area contributed by atoms with Crippen molar-refractivity contribution in [3.8, 4) is 0 Å². The highest BCUT2D eigenvalue weighted by Gasteiger charge is 2.13. The number of hydrogen-bond acceptors (Lipinski definition) is 4. The zero-order chi connectivity index (χ0) is 12.7.